The van der Waals surface area contributed by atoms with Crippen molar-refractivity contribution in [2.45, 2.75) is 89.0 Å². The molecule has 0 radical (unpaired) electrons. The van der Waals surface area contributed by atoms with E-state index in [-0.39, 0.29) is 17.7 Å². The van der Waals surface area contributed by atoms with E-state index in [4.69, 9.17) is 9.26 Å². The van der Waals surface area contributed by atoms with Gasteiger partial charge >= 0.3 is 5.76 Å². The highest BCUT2D eigenvalue weighted by Crippen LogP contribution is 2.40. The van der Waals surface area contributed by atoms with Gasteiger partial charge in [0.25, 0.3) is 0 Å². The molecule has 9 heteroatoms. The summed E-state index contributed by atoms with van der Waals surface area (Å²) in [5, 5.41) is 8.52. The van der Waals surface area contributed by atoms with Gasteiger partial charge in [-0.25, -0.2) is 4.79 Å². The average Bonchev–Trinajstić information content (AvgIpc) is 3.64. The van der Waals surface area contributed by atoms with E-state index in [2.05, 4.69) is 80.4 Å². The molecule has 2 aromatic carbocycles. The number of hydrogen-bond acceptors (Lipinski definition) is 6. The first-order chi connectivity index (χ1) is 21.9. The minimum Gasteiger partial charge on any atom is -0.496 e. The number of rotatable bonds is 9. The maximum absolute atomic E-state index is 14.4. The number of ether oxygens (including phenoxy) is 1. The summed E-state index contributed by atoms with van der Waals surface area (Å²) in [6.45, 7) is 2.84. The van der Waals surface area contributed by atoms with E-state index in [0.717, 1.165) is 80.5 Å². The second-order valence-corrected chi connectivity index (χ2v) is 13.4. The molecule has 3 aliphatic carbocycles. The van der Waals surface area contributed by atoms with E-state index in [0.29, 0.717) is 23.7 Å². The van der Waals surface area contributed by atoms with E-state index in [1.807, 2.05) is 6.20 Å². The van der Waals surface area contributed by atoms with E-state index >= 15 is 0 Å². The fourth-order valence-electron chi connectivity index (χ4n) is 7.55. The number of nitrogens with zero attached hydrogens (tertiary/aromatic N) is 4. The first-order valence-corrected chi connectivity index (χ1v) is 16.6. The topological polar surface area (TPSA) is 106 Å². The number of aromatic nitrogens is 4. The lowest BCUT2D eigenvalue weighted by Crippen LogP contribution is -2.41. The van der Waals surface area contributed by atoms with Crippen molar-refractivity contribution < 1.29 is 14.1 Å². The number of hydrogen-bond donors (Lipinski definition) is 1. The molecule has 45 heavy (non-hydrogen) atoms. The van der Waals surface area contributed by atoms with Gasteiger partial charge in [-0.2, -0.15) is 5.10 Å². The van der Waals surface area contributed by atoms with Crippen LogP contribution in [0.2, 0.25) is 0 Å². The van der Waals surface area contributed by atoms with Crippen molar-refractivity contribution >= 4 is 11.6 Å². The Morgan fingerprint density at radius 2 is 1.76 bits per heavy atom. The molecule has 7 rings (SSSR count). The molecule has 0 bridgehead atoms. The standard InChI is InChI=1S/C36H43N5O4/c1-23-18-29(14-17-33(23)44-2)25-8-6-24(7-9-25)21-40(35(42)27-12-10-26(11-13-27)34-38-36(43)45-39-34)32-5-3-4-28(19-32)30-20-37-41(22-30)31-15-16-31/h3-5,14,17-20,22,24-27,31H,6-13,15-16,21H2,1-2H3,(H,38,39,43). The SMILES string of the molecule is COc1ccc(C2CCC(CN(C(=O)C3CCC(c4noc(=O)[nH]4)CC3)c3cccc(-c4cnn(C5CC5)c4)c3)CC2)cc1C. The summed E-state index contributed by atoms with van der Waals surface area (Å²) in [6, 6.07) is 15.6. The summed E-state index contributed by atoms with van der Waals surface area (Å²) in [4.78, 5) is 30.6. The van der Waals surface area contributed by atoms with Crippen LogP contribution in [0.1, 0.15) is 99.0 Å². The van der Waals surface area contributed by atoms with Crippen molar-refractivity contribution in [2.24, 2.45) is 11.8 Å². The van der Waals surface area contributed by atoms with E-state index < -0.39 is 5.76 Å². The number of aromatic amines is 1. The summed E-state index contributed by atoms with van der Waals surface area (Å²) in [7, 11) is 1.72. The van der Waals surface area contributed by atoms with Crippen molar-refractivity contribution in [2.75, 3.05) is 18.6 Å². The molecule has 0 atom stereocenters. The smallest absolute Gasteiger partial charge is 0.438 e. The second-order valence-electron chi connectivity index (χ2n) is 13.4. The zero-order valence-corrected chi connectivity index (χ0v) is 26.3. The Morgan fingerprint density at radius 1 is 0.978 bits per heavy atom. The lowest BCUT2D eigenvalue weighted by molar-refractivity contribution is -0.123. The first-order valence-electron chi connectivity index (χ1n) is 16.6. The predicted octanol–water partition coefficient (Wildman–Crippen LogP) is 7.16. The molecule has 3 saturated carbocycles. The van der Waals surface area contributed by atoms with Crippen molar-refractivity contribution in [3.05, 3.63) is 82.4 Å². The zero-order chi connectivity index (χ0) is 30.9. The Kier molecular flexibility index (Phi) is 8.34. The molecular formula is C36H43N5O4. The third-order valence-electron chi connectivity index (χ3n) is 10.4. The molecule has 0 spiro atoms. The van der Waals surface area contributed by atoms with Crippen molar-refractivity contribution in [1.82, 2.24) is 19.9 Å². The van der Waals surface area contributed by atoms with Crippen molar-refractivity contribution in [1.29, 1.82) is 0 Å². The minimum atomic E-state index is -0.520. The minimum absolute atomic E-state index is 0.0558. The lowest BCUT2D eigenvalue weighted by Gasteiger charge is -2.36. The van der Waals surface area contributed by atoms with Crippen LogP contribution in [0, 0.1) is 18.8 Å². The average molecular weight is 610 g/mol. The van der Waals surface area contributed by atoms with Gasteiger partial charge in [0.2, 0.25) is 5.91 Å². The number of benzene rings is 2. The van der Waals surface area contributed by atoms with Gasteiger partial charge in [-0.3, -0.25) is 19.0 Å². The highest BCUT2D eigenvalue weighted by atomic mass is 16.5. The first kappa shape index (κ1) is 29.6. The Morgan fingerprint density at radius 3 is 2.44 bits per heavy atom. The molecule has 236 valence electrons. The molecule has 0 unspecified atom stereocenters. The summed E-state index contributed by atoms with van der Waals surface area (Å²) >= 11 is 0. The van der Waals surface area contributed by atoms with Crippen molar-refractivity contribution in [3.63, 3.8) is 0 Å². The van der Waals surface area contributed by atoms with Crippen LogP contribution in [0.4, 0.5) is 5.69 Å². The number of amides is 1. The quantitative estimate of drug-likeness (QED) is 0.216. The van der Waals surface area contributed by atoms with Crippen molar-refractivity contribution in [3.8, 4) is 16.9 Å². The summed E-state index contributed by atoms with van der Waals surface area (Å²) < 4.78 is 12.3. The van der Waals surface area contributed by atoms with Gasteiger partial charge in [0.05, 0.1) is 19.3 Å². The Hall–Kier alpha value is -4.14. The molecule has 1 amide bonds. The van der Waals surface area contributed by atoms with Crippen LogP contribution in [-0.2, 0) is 4.79 Å². The molecule has 2 heterocycles. The summed E-state index contributed by atoms with van der Waals surface area (Å²) in [5.74, 6) is 2.28. The van der Waals surface area contributed by atoms with Gasteiger partial charge in [-0.1, -0.05) is 29.4 Å². The predicted molar refractivity (Wildman–Crippen MR) is 173 cm³/mol. The molecule has 2 aromatic heterocycles. The fourth-order valence-corrected chi connectivity index (χ4v) is 7.55. The number of methoxy groups -OCH3 is 1. The van der Waals surface area contributed by atoms with Gasteiger partial charge in [-0.15, -0.1) is 0 Å². The van der Waals surface area contributed by atoms with E-state index in [1.54, 1.807) is 7.11 Å². The lowest BCUT2D eigenvalue weighted by atomic mass is 9.77. The van der Waals surface area contributed by atoms with Crippen LogP contribution in [0.3, 0.4) is 0 Å². The monoisotopic (exact) mass is 609 g/mol. The molecule has 0 saturated heterocycles. The van der Waals surface area contributed by atoms with E-state index in [1.165, 1.54) is 24.0 Å². The molecule has 0 aliphatic heterocycles. The molecular weight excluding hydrogens is 566 g/mol. The third-order valence-corrected chi connectivity index (χ3v) is 10.4. The number of nitrogens with one attached hydrogen (secondary N) is 1. The van der Waals surface area contributed by atoms with Gasteiger partial charge < -0.3 is 9.64 Å². The number of aryl methyl sites for hydroxylation is 1. The molecule has 4 aromatic rings. The second kappa shape index (κ2) is 12.7. The van der Waals surface area contributed by atoms with Crippen LogP contribution in [0.25, 0.3) is 11.1 Å². The Labute approximate surface area is 264 Å². The van der Waals surface area contributed by atoms with Gasteiger partial charge in [0.1, 0.15) is 5.75 Å². The van der Waals surface area contributed by atoms with Gasteiger partial charge in [0, 0.05) is 35.8 Å². The highest BCUT2D eigenvalue weighted by molar-refractivity contribution is 5.95. The third kappa shape index (κ3) is 6.49. The molecule has 1 N–H and O–H groups in total. The number of carbonyl (C=O) groups is 1. The number of H-pyrrole nitrogens is 1. The van der Waals surface area contributed by atoms with Crippen LogP contribution < -0.4 is 15.4 Å². The number of anilines is 1. The molecule has 3 fully saturated rings. The zero-order valence-electron chi connectivity index (χ0n) is 26.3. The largest absolute Gasteiger partial charge is 0.496 e. The Bertz CT molecular complexity index is 1680. The Balaban J connectivity index is 1.08. The van der Waals surface area contributed by atoms with Gasteiger partial charge in [0.15, 0.2) is 5.82 Å². The molecule has 3 aliphatic rings. The maximum atomic E-state index is 14.4. The van der Waals surface area contributed by atoms with Crippen LogP contribution in [0.15, 0.2) is 64.2 Å². The fraction of sp³-hybridized carbons (Fsp3) is 0.500. The summed E-state index contributed by atoms with van der Waals surface area (Å²) in [5.41, 5.74) is 5.72. The molecule has 9 nitrogen and oxygen atoms in total. The summed E-state index contributed by atoms with van der Waals surface area (Å²) in [6.07, 6.45) is 14.1. The maximum Gasteiger partial charge on any atom is 0.438 e. The highest BCUT2D eigenvalue weighted by Gasteiger charge is 2.34. The number of carbonyl (C=O) groups excluding carboxylic acids is 1. The normalized spacial score (nSPS) is 23.5. The van der Waals surface area contributed by atoms with Gasteiger partial charge in [-0.05, 0) is 118 Å². The van der Waals surface area contributed by atoms with E-state index in [9.17, 15) is 9.59 Å². The van der Waals surface area contributed by atoms with Crippen LogP contribution in [0.5, 0.6) is 5.75 Å². The van der Waals surface area contributed by atoms with Crippen LogP contribution in [-0.4, -0.2) is 39.5 Å². The van der Waals surface area contributed by atoms with Crippen LogP contribution >= 0.6 is 0 Å².